The van der Waals surface area contributed by atoms with Gasteiger partial charge in [0, 0.05) is 16.7 Å². The van der Waals surface area contributed by atoms with Gasteiger partial charge in [-0.05, 0) is 67.1 Å². The van der Waals surface area contributed by atoms with Gasteiger partial charge in [0.1, 0.15) is 11.8 Å². The van der Waals surface area contributed by atoms with Crippen LogP contribution in [0.1, 0.15) is 53.9 Å². The Kier molecular flexibility index (Phi) is 4.21. The monoisotopic (exact) mass is 408 g/mol. The van der Waals surface area contributed by atoms with E-state index in [0.717, 1.165) is 0 Å². The highest BCUT2D eigenvalue weighted by atomic mass is 32.1. The summed E-state index contributed by atoms with van der Waals surface area (Å²) in [5.41, 5.74) is -3.56. The molecule has 2 nitrogen and oxygen atoms in total. The number of carbonyl (C=O) groups excluding carboxylic acids is 2. The lowest BCUT2D eigenvalue weighted by Crippen LogP contribution is -2.66. The third-order valence-electron chi connectivity index (χ3n) is 9.59. The number of alkyl halides is 2. The van der Waals surface area contributed by atoms with Crippen molar-refractivity contribution in [2.75, 3.05) is 0 Å². The van der Waals surface area contributed by atoms with Gasteiger partial charge in [0.25, 0.3) is 0 Å². The molecule has 28 heavy (non-hydrogen) atoms. The molecule has 4 rings (SSSR count). The van der Waals surface area contributed by atoms with E-state index in [1.807, 2.05) is 20.8 Å². The first-order chi connectivity index (χ1) is 12.8. The van der Waals surface area contributed by atoms with Crippen molar-refractivity contribution in [1.29, 1.82) is 0 Å². The van der Waals surface area contributed by atoms with E-state index in [-0.39, 0.29) is 40.6 Å². The van der Waals surface area contributed by atoms with Crippen molar-refractivity contribution in [2.45, 2.75) is 65.7 Å². The largest absolute Gasteiger partial charge is 0.290 e. The van der Waals surface area contributed by atoms with Crippen molar-refractivity contribution in [1.82, 2.24) is 0 Å². The third kappa shape index (κ3) is 2.05. The van der Waals surface area contributed by atoms with Crippen molar-refractivity contribution in [2.24, 2.45) is 39.9 Å². The summed E-state index contributed by atoms with van der Waals surface area (Å²) in [5.74, 6) is -1.16. The normalized spacial score (nSPS) is 55.2. The first kappa shape index (κ1) is 20.3. The van der Waals surface area contributed by atoms with E-state index in [2.05, 4.69) is 19.6 Å². The van der Waals surface area contributed by atoms with Gasteiger partial charge in [-0.2, -0.15) is 0 Å². The highest BCUT2D eigenvalue weighted by Gasteiger charge is 2.74. The summed E-state index contributed by atoms with van der Waals surface area (Å²) >= 11 is 4.23. The number of ketones is 1. The zero-order valence-electron chi connectivity index (χ0n) is 17.3. The lowest BCUT2D eigenvalue weighted by atomic mass is 9.42. The van der Waals surface area contributed by atoms with Crippen LogP contribution < -0.4 is 0 Å². The average Bonchev–Trinajstić information content (AvgIpc) is 2.81. The topological polar surface area (TPSA) is 34.1 Å². The fraction of sp³-hybridized carbons (Fsp3) is 0.739. The van der Waals surface area contributed by atoms with Crippen molar-refractivity contribution in [3.05, 3.63) is 23.8 Å². The minimum absolute atomic E-state index is 0.0633. The number of allylic oxidation sites excluding steroid dienone is 4. The number of hydrogen-bond acceptors (Lipinski definition) is 2. The summed E-state index contributed by atoms with van der Waals surface area (Å²) in [6.07, 6.45) is 4.29. The highest BCUT2D eigenvalue weighted by Crippen LogP contribution is 2.74. The Bertz CT molecular complexity index is 821. The quantitative estimate of drug-likeness (QED) is 0.598. The van der Waals surface area contributed by atoms with Gasteiger partial charge in [-0.1, -0.05) is 33.8 Å². The summed E-state index contributed by atoms with van der Waals surface area (Å²) < 4.78 is 32.5. The van der Waals surface area contributed by atoms with E-state index in [1.54, 1.807) is 13.0 Å². The molecule has 5 heteroatoms. The van der Waals surface area contributed by atoms with Gasteiger partial charge in [-0.25, -0.2) is 8.78 Å². The Morgan fingerprint density at radius 3 is 2.39 bits per heavy atom. The maximum Gasteiger partial charge on any atom is 0.192 e. The van der Waals surface area contributed by atoms with Gasteiger partial charge in [0.2, 0.25) is 0 Å². The second kappa shape index (κ2) is 5.80. The fourth-order valence-corrected chi connectivity index (χ4v) is 8.21. The van der Waals surface area contributed by atoms with Crippen LogP contribution in [0.3, 0.4) is 0 Å². The van der Waals surface area contributed by atoms with Gasteiger partial charge >= 0.3 is 0 Å². The average molecular weight is 409 g/mol. The molecular weight excluding hydrogens is 378 g/mol. The SMILES string of the molecule is C[C@@H]1CC2C3C[C@H](F)C4=CC(=O)C=C[C@]4(C)[C@@]3(F)[C@@H](C)C[C@]2(C)[C@@]1(C)C(=O)S. The Labute approximate surface area is 171 Å². The third-order valence-corrected chi connectivity index (χ3v) is 10.1. The van der Waals surface area contributed by atoms with Crippen LogP contribution in [0.4, 0.5) is 8.78 Å². The van der Waals surface area contributed by atoms with Crippen LogP contribution in [0.2, 0.25) is 0 Å². The molecule has 154 valence electrons. The van der Waals surface area contributed by atoms with Gasteiger partial charge in [0.15, 0.2) is 10.9 Å². The molecule has 0 heterocycles. The summed E-state index contributed by atoms with van der Waals surface area (Å²) in [6, 6.07) is 0. The summed E-state index contributed by atoms with van der Waals surface area (Å²) in [6.45, 7) is 9.75. The number of fused-ring (bicyclic) bond motifs is 5. The van der Waals surface area contributed by atoms with E-state index < -0.39 is 34.0 Å². The molecular formula is C23H30F2O2S. The molecule has 0 spiro atoms. The van der Waals surface area contributed by atoms with Gasteiger partial charge in [-0.3, -0.25) is 9.59 Å². The number of carbonyl (C=O) groups is 2. The molecule has 0 amide bonds. The predicted molar refractivity (Wildman–Crippen MR) is 108 cm³/mol. The zero-order valence-corrected chi connectivity index (χ0v) is 18.2. The second-order valence-corrected chi connectivity index (χ2v) is 10.8. The van der Waals surface area contributed by atoms with Crippen LogP contribution in [0.5, 0.6) is 0 Å². The van der Waals surface area contributed by atoms with Crippen molar-refractivity contribution >= 4 is 23.5 Å². The van der Waals surface area contributed by atoms with Gasteiger partial charge < -0.3 is 0 Å². The maximum atomic E-state index is 17.1. The number of hydrogen-bond donors (Lipinski definition) is 1. The standard InChI is InChI=1S/C23H30F2O2S/c1-12-8-15-16-10-18(24)17-9-14(26)6-7-20(17,3)23(16,25)13(2)11-21(15,4)22(12,5)19(27)28/h6-7,9,12-13,15-16,18H,8,10-11H2,1-5H3,(H,27,28)/t12-,13+,15?,16?,18+,20+,21+,22-,23-/m1/s1. The molecule has 0 aliphatic heterocycles. The maximum absolute atomic E-state index is 17.1. The minimum atomic E-state index is -1.65. The van der Waals surface area contributed by atoms with E-state index in [0.29, 0.717) is 12.8 Å². The van der Waals surface area contributed by atoms with Gasteiger partial charge in [0.05, 0.1) is 0 Å². The summed E-state index contributed by atoms with van der Waals surface area (Å²) in [5, 5.41) is -0.147. The predicted octanol–water partition coefficient (Wildman–Crippen LogP) is 5.29. The van der Waals surface area contributed by atoms with Crippen LogP contribution in [0, 0.1) is 39.9 Å². The molecule has 0 radical (unpaired) electrons. The van der Waals surface area contributed by atoms with Crippen LogP contribution >= 0.6 is 12.6 Å². The van der Waals surface area contributed by atoms with Crippen molar-refractivity contribution < 1.29 is 18.4 Å². The van der Waals surface area contributed by atoms with Crippen LogP contribution in [0.25, 0.3) is 0 Å². The lowest BCUT2D eigenvalue weighted by Gasteiger charge is -2.64. The lowest BCUT2D eigenvalue weighted by molar-refractivity contribution is -0.181. The minimum Gasteiger partial charge on any atom is -0.290 e. The number of halogens is 2. The zero-order chi connectivity index (χ0) is 20.9. The Morgan fingerprint density at radius 2 is 1.79 bits per heavy atom. The van der Waals surface area contributed by atoms with Crippen LogP contribution in [0.15, 0.2) is 23.8 Å². The molecule has 4 aliphatic carbocycles. The number of rotatable bonds is 1. The van der Waals surface area contributed by atoms with E-state index in [1.165, 1.54) is 12.2 Å². The Morgan fingerprint density at radius 1 is 1.14 bits per heavy atom. The van der Waals surface area contributed by atoms with Gasteiger partial charge in [-0.15, -0.1) is 12.6 Å². The molecule has 0 aromatic carbocycles. The molecule has 0 bridgehead atoms. The molecule has 4 aliphatic rings. The number of thiol groups is 1. The smallest absolute Gasteiger partial charge is 0.192 e. The molecule has 0 saturated heterocycles. The molecule has 3 saturated carbocycles. The first-order valence-electron chi connectivity index (χ1n) is 10.4. The fourth-order valence-electron chi connectivity index (χ4n) is 7.74. The molecule has 2 unspecified atom stereocenters. The van der Waals surface area contributed by atoms with Crippen LogP contribution in [-0.4, -0.2) is 22.7 Å². The van der Waals surface area contributed by atoms with E-state index >= 15 is 8.78 Å². The molecule has 0 N–H and O–H groups in total. The highest BCUT2D eigenvalue weighted by molar-refractivity contribution is 7.96. The molecule has 0 aromatic heterocycles. The van der Waals surface area contributed by atoms with E-state index in [9.17, 15) is 9.59 Å². The first-order valence-corrected chi connectivity index (χ1v) is 10.8. The Balaban J connectivity index is 1.88. The van der Waals surface area contributed by atoms with E-state index in [4.69, 9.17) is 0 Å². The molecule has 3 fully saturated rings. The summed E-state index contributed by atoms with van der Waals surface area (Å²) in [7, 11) is 0. The molecule has 0 aromatic rings. The molecule has 9 atom stereocenters. The Hall–Kier alpha value is -0.970. The van der Waals surface area contributed by atoms with Crippen molar-refractivity contribution in [3.63, 3.8) is 0 Å². The van der Waals surface area contributed by atoms with Crippen molar-refractivity contribution in [3.8, 4) is 0 Å². The second-order valence-electron chi connectivity index (χ2n) is 10.4. The van der Waals surface area contributed by atoms with Crippen LogP contribution in [-0.2, 0) is 9.59 Å². The summed E-state index contributed by atoms with van der Waals surface area (Å²) in [4.78, 5) is 24.5.